The molecule has 0 bridgehead atoms. The lowest BCUT2D eigenvalue weighted by atomic mass is 9.93. The molecule has 1 aromatic rings. The first-order chi connectivity index (χ1) is 12.8. The molecule has 1 saturated heterocycles. The Morgan fingerprint density at radius 3 is 2.63 bits per heavy atom. The van der Waals surface area contributed by atoms with E-state index in [1.807, 2.05) is 0 Å². The second kappa shape index (κ2) is 10.0. The highest BCUT2D eigenvalue weighted by molar-refractivity contribution is 7.09. The molecule has 27 heavy (non-hydrogen) atoms. The van der Waals surface area contributed by atoms with Gasteiger partial charge in [0.2, 0.25) is 5.91 Å². The van der Waals surface area contributed by atoms with Gasteiger partial charge in [-0.3, -0.25) is 9.69 Å². The van der Waals surface area contributed by atoms with E-state index in [1.54, 1.807) is 18.4 Å². The molecule has 1 amide bonds. The molecule has 0 atom stereocenters. The van der Waals surface area contributed by atoms with Crippen molar-refractivity contribution in [3.8, 4) is 0 Å². The molecule has 0 aromatic carbocycles. The van der Waals surface area contributed by atoms with E-state index < -0.39 is 0 Å². The maximum Gasteiger partial charge on any atom is 0.233 e. The van der Waals surface area contributed by atoms with Crippen LogP contribution in [0, 0.1) is 0 Å². The second-order valence-electron chi connectivity index (χ2n) is 7.94. The topological polar surface area (TPSA) is 81.7 Å². The van der Waals surface area contributed by atoms with Crippen LogP contribution in [0.3, 0.4) is 0 Å². The van der Waals surface area contributed by atoms with Crippen molar-refractivity contribution >= 4 is 23.2 Å². The number of carbonyl (C=O) groups is 1. The number of rotatable bonds is 6. The van der Waals surface area contributed by atoms with E-state index in [1.165, 1.54) is 0 Å². The summed E-state index contributed by atoms with van der Waals surface area (Å²) in [5.74, 6) is 0.921. The predicted molar refractivity (Wildman–Crippen MR) is 112 cm³/mol. The van der Waals surface area contributed by atoms with Gasteiger partial charge in [-0.1, -0.05) is 20.8 Å². The molecule has 0 unspecified atom stereocenters. The minimum Gasteiger partial charge on any atom is -0.358 e. The minimum atomic E-state index is 0.0733. The van der Waals surface area contributed by atoms with Crippen molar-refractivity contribution in [3.63, 3.8) is 0 Å². The van der Waals surface area contributed by atoms with Gasteiger partial charge >= 0.3 is 0 Å². The number of amides is 1. The van der Waals surface area contributed by atoms with Crippen molar-refractivity contribution in [2.75, 3.05) is 33.2 Å². The van der Waals surface area contributed by atoms with Gasteiger partial charge in [0.1, 0.15) is 5.01 Å². The first-order valence-corrected chi connectivity index (χ1v) is 10.6. The molecule has 1 aliphatic rings. The third kappa shape index (κ3) is 7.10. The van der Waals surface area contributed by atoms with Crippen LogP contribution >= 0.6 is 11.3 Å². The summed E-state index contributed by atoms with van der Waals surface area (Å²) in [6, 6.07) is 0.380. The van der Waals surface area contributed by atoms with E-state index in [2.05, 4.69) is 53.9 Å². The molecule has 0 radical (unpaired) electrons. The van der Waals surface area contributed by atoms with Crippen molar-refractivity contribution in [1.82, 2.24) is 25.8 Å². The highest BCUT2D eigenvalue weighted by Crippen LogP contribution is 2.24. The van der Waals surface area contributed by atoms with Crippen molar-refractivity contribution in [2.45, 2.75) is 58.5 Å². The number of aromatic nitrogens is 1. The molecule has 152 valence electrons. The average molecular weight is 395 g/mol. The molecule has 1 aliphatic heterocycles. The van der Waals surface area contributed by atoms with Crippen LogP contribution in [-0.4, -0.2) is 61.0 Å². The number of piperidine rings is 1. The Hall–Kier alpha value is -1.67. The molecule has 0 aliphatic carbocycles. The monoisotopic (exact) mass is 394 g/mol. The number of carbonyl (C=O) groups excluding carboxylic acids is 1. The first kappa shape index (κ1) is 21.6. The van der Waals surface area contributed by atoms with Crippen molar-refractivity contribution in [1.29, 1.82) is 0 Å². The Kier molecular flexibility index (Phi) is 8.04. The number of nitrogens with one attached hydrogen (secondary N) is 3. The standard InChI is InChI=1S/C19H34N6OS/c1-6-21-18(22-11-17-24-15(13-27-17)19(2,3)4)23-14-7-9-25(10-8-14)12-16(26)20-5/h13-14H,6-12H2,1-5H3,(H,20,26)(H2,21,22,23). The Labute approximate surface area is 167 Å². The molecular formula is C19H34N6OS. The first-order valence-electron chi connectivity index (χ1n) is 9.74. The number of likely N-dealkylation sites (N-methyl/N-ethyl adjacent to an activating group) is 1. The highest BCUT2D eigenvalue weighted by Gasteiger charge is 2.21. The fraction of sp³-hybridized carbons (Fsp3) is 0.737. The number of thiazole rings is 1. The van der Waals surface area contributed by atoms with E-state index >= 15 is 0 Å². The third-order valence-corrected chi connectivity index (χ3v) is 5.44. The average Bonchev–Trinajstić information content (AvgIpc) is 3.11. The lowest BCUT2D eigenvalue weighted by Gasteiger charge is -2.32. The van der Waals surface area contributed by atoms with Crippen LogP contribution in [0.25, 0.3) is 0 Å². The molecule has 2 heterocycles. The van der Waals surface area contributed by atoms with Crippen LogP contribution in [0.5, 0.6) is 0 Å². The summed E-state index contributed by atoms with van der Waals surface area (Å²) in [4.78, 5) is 23.1. The Bertz CT molecular complexity index is 628. The number of hydrogen-bond donors (Lipinski definition) is 3. The molecule has 2 rings (SSSR count). The van der Waals surface area contributed by atoms with Crippen LogP contribution in [0.1, 0.15) is 51.2 Å². The number of likely N-dealkylation sites (tertiary alicyclic amines) is 1. The zero-order valence-corrected chi connectivity index (χ0v) is 18.1. The lowest BCUT2D eigenvalue weighted by molar-refractivity contribution is -0.122. The number of hydrogen-bond acceptors (Lipinski definition) is 5. The lowest BCUT2D eigenvalue weighted by Crippen LogP contribution is -2.50. The SMILES string of the molecule is CCNC(=NCc1nc(C(C)(C)C)cs1)NC1CCN(CC(=O)NC)CC1. The van der Waals surface area contributed by atoms with E-state index in [-0.39, 0.29) is 11.3 Å². The van der Waals surface area contributed by atoms with Crippen molar-refractivity contribution in [2.24, 2.45) is 4.99 Å². The summed E-state index contributed by atoms with van der Waals surface area (Å²) in [7, 11) is 1.68. The van der Waals surface area contributed by atoms with Crippen molar-refractivity contribution in [3.05, 3.63) is 16.1 Å². The fourth-order valence-electron chi connectivity index (χ4n) is 2.91. The van der Waals surface area contributed by atoms with Gasteiger partial charge in [0, 0.05) is 43.5 Å². The number of nitrogens with zero attached hydrogens (tertiary/aromatic N) is 3. The van der Waals surface area contributed by atoms with Gasteiger partial charge in [-0.05, 0) is 19.8 Å². The molecule has 1 aromatic heterocycles. The second-order valence-corrected chi connectivity index (χ2v) is 8.88. The molecule has 0 saturated carbocycles. The Morgan fingerprint density at radius 1 is 1.37 bits per heavy atom. The van der Waals surface area contributed by atoms with Gasteiger partial charge in [0.05, 0.1) is 18.8 Å². The van der Waals surface area contributed by atoms with Crippen LogP contribution in [0.2, 0.25) is 0 Å². The number of guanidine groups is 1. The van der Waals surface area contributed by atoms with Crippen LogP contribution < -0.4 is 16.0 Å². The van der Waals surface area contributed by atoms with E-state index in [9.17, 15) is 4.79 Å². The molecule has 3 N–H and O–H groups in total. The van der Waals surface area contributed by atoms with Crippen LogP contribution in [-0.2, 0) is 16.8 Å². The largest absolute Gasteiger partial charge is 0.358 e. The molecule has 0 spiro atoms. The molecule has 1 fully saturated rings. The van der Waals surface area contributed by atoms with Gasteiger partial charge in [-0.15, -0.1) is 11.3 Å². The number of aliphatic imine (C=N–C) groups is 1. The molecular weight excluding hydrogens is 360 g/mol. The Morgan fingerprint density at radius 2 is 2.07 bits per heavy atom. The summed E-state index contributed by atoms with van der Waals surface area (Å²) in [5.41, 5.74) is 1.20. The summed E-state index contributed by atoms with van der Waals surface area (Å²) < 4.78 is 0. The molecule has 8 heteroatoms. The predicted octanol–water partition coefficient (Wildman–Crippen LogP) is 1.71. The third-order valence-electron chi connectivity index (χ3n) is 4.61. The van der Waals surface area contributed by atoms with Gasteiger partial charge in [0.25, 0.3) is 0 Å². The zero-order chi connectivity index (χ0) is 19.9. The summed E-state index contributed by atoms with van der Waals surface area (Å²) in [6.07, 6.45) is 2.01. The van der Waals surface area contributed by atoms with Crippen molar-refractivity contribution < 1.29 is 4.79 Å². The van der Waals surface area contributed by atoms with Gasteiger partial charge in [-0.25, -0.2) is 9.98 Å². The normalized spacial score (nSPS) is 17.0. The van der Waals surface area contributed by atoms with Gasteiger partial charge in [-0.2, -0.15) is 0 Å². The fourth-order valence-corrected chi connectivity index (χ4v) is 3.85. The highest BCUT2D eigenvalue weighted by atomic mass is 32.1. The summed E-state index contributed by atoms with van der Waals surface area (Å²) in [6.45, 7) is 12.4. The summed E-state index contributed by atoms with van der Waals surface area (Å²) >= 11 is 1.67. The quantitative estimate of drug-likeness (QED) is 0.505. The smallest absolute Gasteiger partial charge is 0.233 e. The van der Waals surface area contributed by atoms with Crippen LogP contribution in [0.4, 0.5) is 0 Å². The van der Waals surface area contributed by atoms with Gasteiger partial charge < -0.3 is 16.0 Å². The summed E-state index contributed by atoms with van der Waals surface area (Å²) in [5, 5.41) is 12.7. The zero-order valence-electron chi connectivity index (χ0n) is 17.3. The molecule has 7 nitrogen and oxygen atoms in total. The van der Waals surface area contributed by atoms with Gasteiger partial charge in [0.15, 0.2) is 5.96 Å². The van der Waals surface area contributed by atoms with E-state index in [4.69, 9.17) is 9.98 Å². The minimum absolute atomic E-state index is 0.0733. The van der Waals surface area contributed by atoms with Crippen LogP contribution in [0.15, 0.2) is 10.4 Å². The van der Waals surface area contributed by atoms with E-state index in [0.717, 1.165) is 49.1 Å². The van der Waals surface area contributed by atoms with E-state index in [0.29, 0.717) is 19.1 Å². The maximum absolute atomic E-state index is 11.5. The maximum atomic E-state index is 11.5. The Balaban J connectivity index is 1.87.